The Bertz CT molecular complexity index is 826. The molecule has 1 aliphatic carbocycles. The predicted octanol–water partition coefficient (Wildman–Crippen LogP) is 6.92. The van der Waals surface area contributed by atoms with Crippen LogP contribution in [-0.2, 0) is 0 Å². The molecule has 0 saturated carbocycles. The topological polar surface area (TPSA) is 12.0 Å². The SMILES string of the molecule is C=C(C)/C(=C/C=C(\C)c1ccccc1)C(=C)NCCC1=C(C)C=CCC=C1. The second-order valence-electron chi connectivity index (χ2n) is 6.98. The molecule has 0 aromatic heterocycles. The summed E-state index contributed by atoms with van der Waals surface area (Å²) in [5.41, 5.74) is 8.16. The van der Waals surface area contributed by atoms with Crippen LogP contribution >= 0.6 is 0 Å². The van der Waals surface area contributed by atoms with E-state index in [1.165, 1.54) is 22.3 Å². The third kappa shape index (κ3) is 6.45. The first-order valence-electron chi connectivity index (χ1n) is 9.55. The van der Waals surface area contributed by atoms with Gasteiger partial charge >= 0.3 is 0 Å². The Morgan fingerprint density at radius 1 is 1.04 bits per heavy atom. The normalized spacial score (nSPS) is 14.9. The van der Waals surface area contributed by atoms with E-state index in [4.69, 9.17) is 0 Å². The highest BCUT2D eigenvalue weighted by atomic mass is 14.9. The van der Waals surface area contributed by atoms with Crippen molar-refractivity contribution in [2.75, 3.05) is 6.54 Å². The molecule has 1 N–H and O–H groups in total. The molecule has 27 heavy (non-hydrogen) atoms. The third-order valence-corrected chi connectivity index (χ3v) is 4.71. The van der Waals surface area contributed by atoms with E-state index in [2.05, 4.69) is 93.0 Å². The van der Waals surface area contributed by atoms with Crippen LogP contribution in [0.25, 0.3) is 5.57 Å². The lowest BCUT2D eigenvalue weighted by atomic mass is 10.0. The molecule has 1 aromatic carbocycles. The minimum atomic E-state index is 0.857. The zero-order valence-corrected chi connectivity index (χ0v) is 16.9. The maximum Gasteiger partial charge on any atom is 0.0343 e. The van der Waals surface area contributed by atoms with E-state index >= 15 is 0 Å². The van der Waals surface area contributed by atoms with Crippen LogP contribution in [0, 0.1) is 0 Å². The van der Waals surface area contributed by atoms with Crippen molar-refractivity contribution in [2.24, 2.45) is 0 Å². The van der Waals surface area contributed by atoms with Gasteiger partial charge in [-0.1, -0.05) is 79.9 Å². The van der Waals surface area contributed by atoms with Gasteiger partial charge < -0.3 is 5.32 Å². The lowest BCUT2D eigenvalue weighted by Crippen LogP contribution is -2.16. The van der Waals surface area contributed by atoms with Crippen molar-refractivity contribution in [1.29, 1.82) is 0 Å². The molecule has 0 radical (unpaired) electrons. The van der Waals surface area contributed by atoms with Gasteiger partial charge in [0.05, 0.1) is 0 Å². The molecule has 0 unspecified atom stereocenters. The molecule has 140 valence electrons. The average molecular weight is 358 g/mol. The number of nitrogens with one attached hydrogen (secondary N) is 1. The van der Waals surface area contributed by atoms with Crippen molar-refractivity contribution in [3.63, 3.8) is 0 Å². The fraction of sp³-hybridized carbons (Fsp3) is 0.231. The predicted molar refractivity (Wildman–Crippen MR) is 120 cm³/mol. The fourth-order valence-corrected chi connectivity index (χ4v) is 3.00. The number of allylic oxidation sites excluding steroid dienone is 9. The molecule has 1 heteroatoms. The summed E-state index contributed by atoms with van der Waals surface area (Å²) >= 11 is 0. The van der Waals surface area contributed by atoms with Gasteiger partial charge in [0.1, 0.15) is 0 Å². The standard InChI is InChI=1S/C26H31N/c1-20(2)26(17-16-22(4)24-13-10-7-11-14-24)23(5)27-19-18-25-15-9-6-8-12-21(25)3/h7-17,27H,1,5-6,18-19H2,2-4H3/b22-16+,26-17-. The Balaban J connectivity index is 2.02. The van der Waals surface area contributed by atoms with Crippen molar-refractivity contribution in [1.82, 2.24) is 5.32 Å². The zero-order chi connectivity index (χ0) is 19.6. The summed E-state index contributed by atoms with van der Waals surface area (Å²) in [5.74, 6) is 0. The Labute approximate surface area is 164 Å². The first kappa shape index (κ1) is 20.5. The summed E-state index contributed by atoms with van der Waals surface area (Å²) in [6, 6.07) is 10.4. The minimum Gasteiger partial charge on any atom is -0.385 e. The van der Waals surface area contributed by atoms with Gasteiger partial charge in [-0.3, -0.25) is 0 Å². The molecule has 1 aromatic rings. The average Bonchev–Trinajstić information content (AvgIpc) is 2.86. The van der Waals surface area contributed by atoms with E-state index in [1.807, 2.05) is 13.0 Å². The first-order chi connectivity index (χ1) is 13.0. The van der Waals surface area contributed by atoms with Crippen molar-refractivity contribution in [2.45, 2.75) is 33.6 Å². The van der Waals surface area contributed by atoms with Gasteiger partial charge in [-0.25, -0.2) is 0 Å². The van der Waals surface area contributed by atoms with E-state index in [9.17, 15) is 0 Å². The molecule has 1 nitrogen and oxygen atoms in total. The molecule has 0 heterocycles. The van der Waals surface area contributed by atoms with E-state index in [-0.39, 0.29) is 0 Å². The third-order valence-electron chi connectivity index (χ3n) is 4.71. The number of benzene rings is 1. The van der Waals surface area contributed by atoms with Gasteiger partial charge in [0, 0.05) is 12.2 Å². The first-order valence-corrected chi connectivity index (χ1v) is 9.55. The lowest BCUT2D eigenvalue weighted by Gasteiger charge is -2.14. The van der Waals surface area contributed by atoms with Gasteiger partial charge in [0.2, 0.25) is 0 Å². The summed E-state index contributed by atoms with van der Waals surface area (Å²) in [6.07, 6.45) is 15.1. The van der Waals surface area contributed by atoms with E-state index in [1.54, 1.807) is 0 Å². The van der Waals surface area contributed by atoms with Crippen LogP contribution in [0.5, 0.6) is 0 Å². The molecule has 2 rings (SSSR count). The van der Waals surface area contributed by atoms with Crippen LogP contribution in [0.3, 0.4) is 0 Å². The van der Waals surface area contributed by atoms with Crippen molar-refractivity contribution < 1.29 is 0 Å². The van der Waals surface area contributed by atoms with Crippen molar-refractivity contribution in [3.05, 3.63) is 113 Å². The van der Waals surface area contributed by atoms with E-state index in [0.29, 0.717) is 0 Å². The molecular formula is C26H31N. The van der Waals surface area contributed by atoms with Crippen LogP contribution in [0.1, 0.15) is 39.2 Å². The highest BCUT2D eigenvalue weighted by molar-refractivity contribution is 5.66. The molecule has 0 atom stereocenters. The monoisotopic (exact) mass is 357 g/mol. The Hall–Kier alpha value is -2.80. The largest absolute Gasteiger partial charge is 0.385 e. The van der Waals surface area contributed by atoms with Crippen LogP contribution in [0.15, 0.2) is 108 Å². The minimum absolute atomic E-state index is 0.857. The summed E-state index contributed by atoms with van der Waals surface area (Å²) < 4.78 is 0. The molecule has 0 fully saturated rings. The van der Waals surface area contributed by atoms with Crippen LogP contribution < -0.4 is 5.32 Å². The zero-order valence-electron chi connectivity index (χ0n) is 16.9. The number of hydrogen-bond acceptors (Lipinski definition) is 1. The van der Waals surface area contributed by atoms with Crippen molar-refractivity contribution >= 4 is 5.57 Å². The molecule has 0 aliphatic heterocycles. The number of rotatable bonds is 8. The van der Waals surface area contributed by atoms with Gasteiger partial charge in [-0.15, -0.1) is 0 Å². The van der Waals surface area contributed by atoms with Crippen LogP contribution in [0.4, 0.5) is 0 Å². The van der Waals surface area contributed by atoms with E-state index < -0.39 is 0 Å². The fourth-order valence-electron chi connectivity index (χ4n) is 3.00. The van der Waals surface area contributed by atoms with Crippen molar-refractivity contribution in [3.8, 4) is 0 Å². The summed E-state index contributed by atoms with van der Waals surface area (Å²) in [5, 5.41) is 3.47. The van der Waals surface area contributed by atoms with Gasteiger partial charge in [0.15, 0.2) is 0 Å². The van der Waals surface area contributed by atoms with Gasteiger partial charge in [-0.05, 0) is 67.0 Å². The molecule has 1 aliphatic rings. The second-order valence-corrected chi connectivity index (χ2v) is 6.98. The Kier molecular flexibility index (Phi) is 7.88. The molecule has 0 spiro atoms. The molecular weight excluding hydrogens is 326 g/mol. The summed E-state index contributed by atoms with van der Waals surface area (Å²) in [6.45, 7) is 15.5. The van der Waals surface area contributed by atoms with Gasteiger partial charge in [-0.2, -0.15) is 0 Å². The van der Waals surface area contributed by atoms with E-state index in [0.717, 1.165) is 36.2 Å². The molecule has 0 amide bonds. The molecule has 0 bridgehead atoms. The van der Waals surface area contributed by atoms with Gasteiger partial charge in [0.25, 0.3) is 0 Å². The maximum absolute atomic E-state index is 4.23. The lowest BCUT2D eigenvalue weighted by molar-refractivity contribution is 0.798. The highest BCUT2D eigenvalue weighted by Gasteiger charge is 2.05. The maximum atomic E-state index is 4.23. The molecule has 0 saturated heterocycles. The summed E-state index contributed by atoms with van der Waals surface area (Å²) in [4.78, 5) is 0. The van der Waals surface area contributed by atoms with Crippen LogP contribution in [0.2, 0.25) is 0 Å². The number of hydrogen-bond donors (Lipinski definition) is 1. The smallest absolute Gasteiger partial charge is 0.0343 e. The highest BCUT2D eigenvalue weighted by Crippen LogP contribution is 2.19. The summed E-state index contributed by atoms with van der Waals surface area (Å²) in [7, 11) is 0. The Morgan fingerprint density at radius 3 is 2.44 bits per heavy atom. The quantitative estimate of drug-likeness (QED) is 0.498. The Morgan fingerprint density at radius 2 is 1.74 bits per heavy atom. The van der Waals surface area contributed by atoms with Crippen LogP contribution in [-0.4, -0.2) is 6.54 Å². The second kappa shape index (κ2) is 10.4.